The van der Waals surface area contributed by atoms with Crippen molar-refractivity contribution in [3.8, 4) is 5.75 Å². The molecule has 2 N–H and O–H groups in total. The average Bonchev–Trinajstić information content (AvgIpc) is 2.51. The van der Waals surface area contributed by atoms with Gasteiger partial charge >= 0.3 is 0 Å². The number of hydrogen-bond donors (Lipinski definition) is 2. The van der Waals surface area contributed by atoms with Crippen LogP contribution in [-0.2, 0) is 11.2 Å². The van der Waals surface area contributed by atoms with Crippen LogP contribution in [0.5, 0.6) is 5.75 Å². The lowest BCUT2D eigenvalue weighted by molar-refractivity contribution is -0.123. The highest BCUT2D eigenvalue weighted by molar-refractivity contribution is 5.77. The van der Waals surface area contributed by atoms with Crippen molar-refractivity contribution >= 4 is 5.91 Å². The predicted octanol–water partition coefficient (Wildman–Crippen LogP) is 2.58. The second-order valence-electron chi connectivity index (χ2n) is 5.47. The molecule has 1 amide bonds. The quantitative estimate of drug-likeness (QED) is 0.811. The molecule has 0 heterocycles. The zero-order valence-electron chi connectivity index (χ0n) is 13.1. The minimum atomic E-state index is -0.0477. The molecule has 0 radical (unpaired) electrons. The van der Waals surface area contributed by atoms with Crippen molar-refractivity contribution in [2.24, 2.45) is 0 Å². The first kappa shape index (κ1) is 15.8. The van der Waals surface area contributed by atoms with E-state index >= 15 is 0 Å². The van der Waals surface area contributed by atoms with Crippen LogP contribution < -0.4 is 15.4 Å². The molecule has 21 heavy (non-hydrogen) atoms. The van der Waals surface area contributed by atoms with Crippen LogP contribution in [0.2, 0.25) is 0 Å². The monoisotopic (exact) mass is 290 g/mol. The summed E-state index contributed by atoms with van der Waals surface area (Å²) in [7, 11) is 0. The summed E-state index contributed by atoms with van der Waals surface area (Å²) in [5.41, 5.74) is 2.59. The van der Waals surface area contributed by atoms with Crippen LogP contribution >= 0.6 is 0 Å². The van der Waals surface area contributed by atoms with Gasteiger partial charge in [0.2, 0.25) is 0 Å². The molecule has 4 heteroatoms. The summed E-state index contributed by atoms with van der Waals surface area (Å²) in [6.45, 7) is 5.94. The number of ether oxygens (including phenoxy) is 1. The standard InChI is InChI=1S/C17H26N2O2/c1-3-11-19-17(20)12-21-16-10-6-7-13-14(16)8-5-9-15(13)18-4-2/h6-7,10,15,18H,3-5,8-9,11-12H2,1-2H3,(H,19,20). The highest BCUT2D eigenvalue weighted by Gasteiger charge is 2.22. The van der Waals surface area contributed by atoms with Gasteiger partial charge in [-0.05, 0) is 49.4 Å². The first-order chi connectivity index (χ1) is 10.3. The molecule has 1 atom stereocenters. The van der Waals surface area contributed by atoms with Crippen molar-refractivity contribution in [1.29, 1.82) is 0 Å². The average molecular weight is 290 g/mol. The Hall–Kier alpha value is -1.55. The molecule has 0 aromatic heterocycles. The molecule has 0 fully saturated rings. The number of carbonyl (C=O) groups is 1. The zero-order chi connectivity index (χ0) is 15.1. The van der Waals surface area contributed by atoms with E-state index in [1.807, 2.05) is 19.1 Å². The van der Waals surface area contributed by atoms with Gasteiger partial charge < -0.3 is 15.4 Å². The van der Waals surface area contributed by atoms with E-state index in [4.69, 9.17) is 4.74 Å². The van der Waals surface area contributed by atoms with Gasteiger partial charge in [0.15, 0.2) is 6.61 Å². The Morgan fingerprint density at radius 3 is 3.00 bits per heavy atom. The molecule has 1 unspecified atom stereocenters. The summed E-state index contributed by atoms with van der Waals surface area (Å²) in [5, 5.41) is 6.36. The Bertz CT molecular complexity index is 474. The second kappa shape index (κ2) is 8.03. The second-order valence-corrected chi connectivity index (χ2v) is 5.47. The molecule has 1 aliphatic carbocycles. The maximum atomic E-state index is 11.7. The van der Waals surface area contributed by atoms with Crippen LogP contribution in [0.4, 0.5) is 0 Å². The highest BCUT2D eigenvalue weighted by Crippen LogP contribution is 2.35. The van der Waals surface area contributed by atoms with Crippen molar-refractivity contribution in [3.63, 3.8) is 0 Å². The molecular formula is C17H26N2O2. The summed E-state index contributed by atoms with van der Waals surface area (Å²) >= 11 is 0. The Morgan fingerprint density at radius 1 is 1.38 bits per heavy atom. The topological polar surface area (TPSA) is 50.4 Å². The fourth-order valence-electron chi connectivity index (χ4n) is 2.87. The number of rotatable bonds is 7. The molecule has 0 bridgehead atoms. The minimum Gasteiger partial charge on any atom is -0.483 e. The van der Waals surface area contributed by atoms with Gasteiger partial charge in [0.05, 0.1) is 0 Å². The predicted molar refractivity (Wildman–Crippen MR) is 84.6 cm³/mol. The molecule has 1 aromatic rings. The first-order valence-corrected chi connectivity index (χ1v) is 8.00. The summed E-state index contributed by atoms with van der Waals surface area (Å²) in [6, 6.07) is 6.58. The molecule has 0 saturated carbocycles. The number of fused-ring (bicyclic) bond motifs is 1. The molecule has 2 rings (SSSR count). The first-order valence-electron chi connectivity index (χ1n) is 8.00. The van der Waals surface area contributed by atoms with Crippen LogP contribution in [0.15, 0.2) is 18.2 Å². The molecule has 0 spiro atoms. The van der Waals surface area contributed by atoms with Gasteiger partial charge in [-0.3, -0.25) is 4.79 Å². The van der Waals surface area contributed by atoms with Crippen LogP contribution in [0.3, 0.4) is 0 Å². The van der Waals surface area contributed by atoms with Gasteiger partial charge in [-0.2, -0.15) is 0 Å². The summed E-state index contributed by atoms with van der Waals surface area (Å²) < 4.78 is 5.75. The third-order valence-corrected chi connectivity index (χ3v) is 3.85. The van der Waals surface area contributed by atoms with Crippen molar-refractivity contribution in [2.75, 3.05) is 19.7 Å². The number of hydrogen-bond acceptors (Lipinski definition) is 3. The van der Waals surface area contributed by atoms with E-state index in [1.165, 1.54) is 17.5 Å². The lowest BCUT2D eigenvalue weighted by Crippen LogP contribution is -2.30. The fraction of sp³-hybridized carbons (Fsp3) is 0.588. The maximum Gasteiger partial charge on any atom is 0.257 e. The number of amides is 1. The SMILES string of the molecule is CCCNC(=O)COc1cccc2c1CCCC2NCC. The van der Waals surface area contributed by atoms with Crippen molar-refractivity contribution in [1.82, 2.24) is 10.6 Å². The molecular weight excluding hydrogens is 264 g/mol. The molecule has 4 nitrogen and oxygen atoms in total. The summed E-state index contributed by atoms with van der Waals surface area (Å²) in [6.07, 6.45) is 4.30. The maximum absolute atomic E-state index is 11.7. The highest BCUT2D eigenvalue weighted by atomic mass is 16.5. The van der Waals surface area contributed by atoms with Gasteiger partial charge in [0.1, 0.15) is 5.75 Å². The van der Waals surface area contributed by atoms with E-state index in [2.05, 4.69) is 23.6 Å². The smallest absolute Gasteiger partial charge is 0.257 e. The fourth-order valence-corrected chi connectivity index (χ4v) is 2.87. The van der Waals surface area contributed by atoms with Gasteiger partial charge in [0.25, 0.3) is 5.91 Å². The Kier molecular flexibility index (Phi) is 6.05. The van der Waals surface area contributed by atoms with Crippen molar-refractivity contribution in [3.05, 3.63) is 29.3 Å². The molecule has 0 aliphatic heterocycles. The van der Waals surface area contributed by atoms with Gasteiger partial charge in [-0.25, -0.2) is 0 Å². The van der Waals surface area contributed by atoms with Crippen molar-refractivity contribution < 1.29 is 9.53 Å². The normalized spacial score (nSPS) is 17.1. The van der Waals surface area contributed by atoms with Gasteiger partial charge in [-0.15, -0.1) is 0 Å². The van der Waals surface area contributed by atoms with Gasteiger partial charge in [0, 0.05) is 12.6 Å². The Labute approximate surface area is 127 Å². The third kappa shape index (κ3) is 4.21. The van der Waals surface area contributed by atoms with E-state index in [1.54, 1.807) is 0 Å². The van der Waals surface area contributed by atoms with Gasteiger partial charge in [-0.1, -0.05) is 26.0 Å². The van der Waals surface area contributed by atoms with Crippen molar-refractivity contribution in [2.45, 2.75) is 45.6 Å². The summed E-state index contributed by atoms with van der Waals surface area (Å²) in [4.78, 5) is 11.7. The van der Waals surface area contributed by atoms with E-state index in [9.17, 15) is 4.79 Å². The number of carbonyl (C=O) groups excluding carboxylic acids is 1. The lowest BCUT2D eigenvalue weighted by Gasteiger charge is -2.27. The largest absolute Gasteiger partial charge is 0.483 e. The molecule has 116 valence electrons. The molecule has 1 aromatic carbocycles. The van der Waals surface area contributed by atoms with E-state index in [0.717, 1.165) is 31.6 Å². The van der Waals surface area contributed by atoms with Crippen LogP contribution in [-0.4, -0.2) is 25.6 Å². The Balaban J connectivity index is 2.04. The van der Waals surface area contributed by atoms with Crippen LogP contribution in [0.25, 0.3) is 0 Å². The van der Waals surface area contributed by atoms with Crippen LogP contribution in [0.1, 0.15) is 50.3 Å². The zero-order valence-corrected chi connectivity index (χ0v) is 13.1. The Morgan fingerprint density at radius 2 is 2.24 bits per heavy atom. The molecule has 0 saturated heterocycles. The molecule has 1 aliphatic rings. The summed E-state index contributed by atoms with van der Waals surface area (Å²) in [5.74, 6) is 0.815. The third-order valence-electron chi connectivity index (χ3n) is 3.85. The van der Waals surface area contributed by atoms with Crippen LogP contribution in [0, 0.1) is 0 Å². The number of benzene rings is 1. The number of nitrogens with one attached hydrogen (secondary N) is 2. The lowest BCUT2D eigenvalue weighted by atomic mass is 9.87. The van der Waals surface area contributed by atoms with E-state index in [-0.39, 0.29) is 12.5 Å². The van der Waals surface area contributed by atoms with E-state index < -0.39 is 0 Å². The minimum absolute atomic E-state index is 0.0477. The van der Waals surface area contributed by atoms with E-state index in [0.29, 0.717) is 12.6 Å².